The molecule has 0 bridgehead atoms. The maximum Gasteiger partial charge on any atom is 0.490 e. The van der Waals surface area contributed by atoms with E-state index < -0.39 is 24.3 Å². The molecular weight excluding hydrogens is 586 g/mol. The molecule has 11 nitrogen and oxygen atoms in total. The van der Waals surface area contributed by atoms with Crippen molar-refractivity contribution >= 4 is 29.2 Å². The molecule has 4 rings (SSSR count). The average molecular weight is 617 g/mol. The van der Waals surface area contributed by atoms with Gasteiger partial charge >= 0.3 is 24.3 Å². The number of hydrogen-bond acceptors (Lipinski definition) is 8. The molecule has 2 saturated heterocycles. The van der Waals surface area contributed by atoms with E-state index in [0.717, 1.165) is 56.3 Å². The molecule has 0 radical (unpaired) electrons. The Labute approximate surface area is 235 Å². The molecule has 1 spiro atoms. The molecule has 41 heavy (non-hydrogen) atoms. The number of piperidine rings is 1. The molecule has 4 heterocycles. The molecule has 0 aromatic carbocycles. The molecule has 2 aromatic rings. The topological polar surface area (TPSA) is 132 Å². The molecule has 0 aliphatic carbocycles. The van der Waals surface area contributed by atoms with Crippen LogP contribution in [0.5, 0.6) is 0 Å². The summed E-state index contributed by atoms with van der Waals surface area (Å²) in [5, 5.41) is 21.6. The van der Waals surface area contributed by atoms with Crippen LogP contribution in [0.3, 0.4) is 0 Å². The molecule has 0 saturated carbocycles. The molecule has 230 valence electrons. The van der Waals surface area contributed by atoms with Crippen molar-refractivity contribution in [2.24, 2.45) is 7.05 Å². The Morgan fingerprint density at radius 2 is 1.51 bits per heavy atom. The van der Waals surface area contributed by atoms with Crippen LogP contribution < -0.4 is 0 Å². The van der Waals surface area contributed by atoms with Crippen molar-refractivity contribution < 1.29 is 50.9 Å². The number of rotatable bonds is 4. The minimum atomic E-state index is -5.08. The fourth-order valence-electron chi connectivity index (χ4n) is 4.36. The molecule has 2 N–H and O–H groups in total. The summed E-state index contributed by atoms with van der Waals surface area (Å²) in [6.07, 6.45) is -4.40. The number of likely N-dealkylation sites (tertiary alicyclic amines) is 1. The molecule has 0 unspecified atom stereocenters. The van der Waals surface area contributed by atoms with Gasteiger partial charge in [0.05, 0.1) is 23.4 Å². The number of aliphatic carboxylic acids is 2. The number of thiazole rings is 1. The molecule has 2 aliphatic rings. The average Bonchev–Trinajstić information content (AvgIpc) is 3.47. The summed E-state index contributed by atoms with van der Waals surface area (Å²) >= 11 is 1.65. The number of nitrogens with zero attached hydrogens (tertiary/aromatic N) is 6. The number of aryl methyl sites for hydroxylation is 2. The van der Waals surface area contributed by atoms with Crippen molar-refractivity contribution in [3.05, 3.63) is 34.0 Å². The Hall–Kier alpha value is -3.25. The van der Waals surface area contributed by atoms with Crippen LogP contribution >= 0.6 is 11.3 Å². The highest BCUT2D eigenvalue weighted by molar-refractivity contribution is 7.09. The van der Waals surface area contributed by atoms with Crippen LogP contribution in [-0.4, -0.2) is 109 Å². The molecular formula is C23H30F6N6O5S. The fraction of sp³-hybridized carbons (Fsp3) is 0.609. The van der Waals surface area contributed by atoms with Crippen molar-refractivity contribution in [1.82, 2.24) is 29.5 Å². The monoisotopic (exact) mass is 616 g/mol. The van der Waals surface area contributed by atoms with Gasteiger partial charge in [0.2, 0.25) is 5.91 Å². The van der Waals surface area contributed by atoms with E-state index in [1.54, 1.807) is 11.3 Å². The summed E-state index contributed by atoms with van der Waals surface area (Å²) in [6, 6.07) is 0. The summed E-state index contributed by atoms with van der Waals surface area (Å²) in [4.78, 5) is 42.5. The third-order valence-electron chi connectivity index (χ3n) is 6.47. The van der Waals surface area contributed by atoms with E-state index in [1.165, 1.54) is 5.56 Å². The summed E-state index contributed by atoms with van der Waals surface area (Å²) in [5.74, 6) is -5.23. The van der Waals surface area contributed by atoms with Crippen molar-refractivity contribution in [1.29, 1.82) is 0 Å². The quantitative estimate of drug-likeness (QED) is 0.498. The second kappa shape index (κ2) is 13.6. The van der Waals surface area contributed by atoms with Gasteiger partial charge in [0.15, 0.2) is 0 Å². The van der Waals surface area contributed by atoms with Gasteiger partial charge in [-0.25, -0.2) is 14.6 Å². The SMILES string of the molecule is Cc1nc(CN2CCN(C)C3(CCN(Cc4cnn(C)c4)CC3)C2=O)cs1.O=C(O)C(F)(F)F.O=C(O)C(F)(F)F. The number of carboxylic acid groups (broad SMARTS) is 2. The first-order valence-electron chi connectivity index (χ1n) is 12.1. The van der Waals surface area contributed by atoms with Crippen LogP contribution in [0.25, 0.3) is 0 Å². The first-order valence-corrected chi connectivity index (χ1v) is 12.9. The van der Waals surface area contributed by atoms with Crippen LogP contribution in [0.1, 0.15) is 29.1 Å². The van der Waals surface area contributed by atoms with E-state index in [-0.39, 0.29) is 11.4 Å². The molecule has 2 fully saturated rings. The van der Waals surface area contributed by atoms with Crippen LogP contribution in [0.4, 0.5) is 26.3 Å². The molecule has 2 aromatic heterocycles. The highest BCUT2D eigenvalue weighted by atomic mass is 32.1. The summed E-state index contributed by atoms with van der Waals surface area (Å²) in [7, 11) is 4.06. The van der Waals surface area contributed by atoms with Crippen molar-refractivity contribution in [3.63, 3.8) is 0 Å². The number of carbonyl (C=O) groups is 3. The smallest absolute Gasteiger partial charge is 0.475 e. The number of piperazine rings is 1. The summed E-state index contributed by atoms with van der Waals surface area (Å²) < 4.78 is 65.3. The predicted octanol–water partition coefficient (Wildman–Crippen LogP) is 2.76. The number of carbonyl (C=O) groups excluding carboxylic acids is 1. The van der Waals surface area contributed by atoms with Gasteiger partial charge in [-0.3, -0.25) is 19.3 Å². The number of carboxylic acids is 2. The van der Waals surface area contributed by atoms with Crippen LogP contribution in [0, 0.1) is 6.92 Å². The lowest BCUT2D eigenvalue weighted by Gasteiger charge is -2.51. The lowest BCUT2D eigenvalue weighted by Crippen LogP contribution is -2.67. The normalized spacial score (nSPS) is 17.9. The Kier molecular flexibility index (Phi) is 11.3. The van der Waals surface area contributed by atoms with Gasteiger partial charge in [-0.05, 0) is 26.8 Å². The summed E-state index contributed by atoms with van der Waals surface area (Å²) in [5.41, 5.74) is 1.89. The number of aromatic nitrogens is 3. The Balaban J connectivity index is 0.000000349. The van der Waals surface area contributed by atoms with Crippen molar-refractivity contribution in [2.45, 2.75) is 50.7 Å². The van der Waals surface area contributed by atoms with E-state index >= 15 is 0 Å². The number of alkyl halides is 6. The first kappa shape index (κ1) is 34.0. The Bertz CT molecular complexity index is 1170. The predicted molar refractivity (Wildman–Crippen MR) is 133 cm³/mol. The minimum absolute atomic E-state index is 0.280. The minimum Gasteiger partial charge on any atom is -0.475 e. The van der Waals surface area contributed by atoms with E-state index in [0.29, 0.717) is 6.54 Å². The Morgan fingerprint density at radius 1 is 0.976 bits per heavy atom. The van der Waals surface area contributed by atoms with Gasteiger partial charge in [0.1, 0.15) is 5.54 Å². The number of halogens is 6. The molecule has 1 amide bonds. The number of hydrogen-bond donors (Lipinski definition) is 2. The van der Waals surface area contributed by atoms with E-state index in [9.17, 15) is 31.1 Å². The molecule has 0 atom stereocenters. The second-order valence-electron chi connectivity index (χ2n) is 9.44. The maximum atomic E-state index is 13.4. The van der Waals surface area contributed by atoms with Gasteiger partial charge in [-0.15, -0.1) is 11.3 Å². The highest BCUT2D eigenvalue weighted by Gasteiger charge is 2.49. The van der Waals surface area contributed by atoms with E-state index in [1.807, 2.05) is 29.7 Å². The molecule has 18 heteroatoms. The zero-order chi connectivity index (χ0) is 31.2. The zero-order valence-electron chi connectivity index (χ0n) is 22.4. The lowest BCUT2D eigenvalue weighted by molar-refractivity contribution is -0.193. The van der Waals surface area contributed by atoms with E-state index in [2.05, 4.69) is 38.5 Å². The maximum absolute atomic E-state index is 13.4. The first-order chi connectivity index (χ1) is 18.8. The molecule has 2 aliphatic heterocycles. The van der Waals surface area contributed by atoms with E-state index in [4.69, 9.17) is 19.8 Å². The van der Waals surface area contributed by atoms with Gasteiger partial charge in [-0.1, -0.05) is 0 Å². The number of amides is 1. The third-order valence-corrected chi connectivity index (χ3v) is 7.30. The highest BCUT2D eigenvalue weighted by Crippen LogP contribution is 2.34. The van der Waals surface area contributed by atoms with Crippen molar-refractivity contribution in [3.8, 4) is 0 Å². The van der Waals surface area contributed by atoms with Gasteiger partial charge in [-0.2, -0.15) is 31.4 Å². The van der Waals surface area contributed by atoms with Crippen LogP contribution in [0.2, 0.25) is 0 Å². The largest absolute Gasteiger partial charge is 0.490 e. The third kappa shape index (κ3) is 9.67. The Morgan fingerprint density at radius 3 is 1.93 bits per heavy atom. The van der Waals surface area contributed by atoms with Gasteiger partial charge < -0.3 is 15.1 Å². The zero-order valence-corrected chi connectivity index (χ0v) is 23.2. The standard InChI is InChI=1S/C19H28N6OS.2C2HF3O2/c1-15-21-17(14-27-15)13-25-9-8-22(2)19(18(25)26)4-6-24(7-5-19)12-16-10-20-23(3)11-16;2*3-2(4,5)1(6)7/h10-11,14H,4-9,12-13H2,1-3H3;2*(H,6,7). The van der Waals surface area contributed by atoms with Crippen LogP contribution in [0.15, 0.2) is 17.8 Å². The lowest BCUT2D eigenvalue weighted by atomic mass is 9.82. The fourth-order valence-corrected chi connectivity index (χ4v) is 4.96. The van der Waals surface area contributed by atoms with Crippen LogP contribution in [-0.2, 0) is 34.5 Å². The van der Waals surface area contributed by atoms with Crippen molar-refractivity contribution in [2.75, 3.05) is 33.2 Å². The van der Waals surface area contributed by atoms with Gasteiger partial charge in [0.25, 0.3) is 0 Å². The second-order valence-corrected chi connectivity index (χ2v) is 10.5. The number of likely N-dealkylation sites (N-methyl/N-ethyl adjacent to an activating group) is 1. The van der Waals surface area contributed by atoms with Gasteiger partial charge in [0, 0.05) is 56.9 Å². The summed E-state index contributed by atoms with van der Waals surface area (Å²) in [6.45, 7) is 7.15.